The Morgan fingerprint density at radius 2 is 1.89 bits per heavy atom. The molecule has 0 aliphatic rings. The topological polar surface area (TPSA) is 75.9 Å². The molecule has 144 valence electrons. The summed E-state index contributed by atoms with van der Waals surface area (Å²) in [4.78, 5) is 15.2. The van der Waals surface area contributed by atoms with Gasteiger partial charge in [-0.05, 0) is 24.6 Å². The van der Waals surface area contributed by atoms with E-state index in [0.29, 0.717) is 31.5 Å². The van der Waals surface area contributed by atoms with E-state index in [4.69, 9.17) is 4.74 Å². The molecule has 0 fully saturated rings. The lowest BCUT2D eigenvalue weighted by Crippen LogP contribution is -2.24. The molecule has 0 radical (unpaired) electrons. The van der Waals surface area contributed by atoms with Gasteiger partial charge in [-0.3, -0.25) is 4.98 Å². The van der Waals surface area contributed by atoms with Gasteiger partial charge in [-0.1, -0.05) is 29.8 Å². The summed E-state index contributed by atoms with van der Waals surface area (Å²) in [5.41, 5.74) is 4.05. The summed E-state index contributed by atoms with van der Waals surface area (Å²) in [6.07, 6.45) is 3.48. The van der Waals surface area contributed by atoms with Gasteiger partial charge < -0.3 is 9.64 Å². The first kappa shape index (κ1) is 19.6. The van der Waals surface area contributed by atoms with E-state index in [2.05, 4.69) is 44.2 Å². The Bertz CT molecular complexity index is 929. The molecule has 0 aliphatic carbocycles. The number of hydrogen-bond donors (Lipinski definition) is 0. The van der Waals surface area contributed by atoms with Gasteiger partial charge >= 0.3 is 0 Å². The molecule has 28 heavy (non-hydrogen) atoms. The van der Waals surface area contributed by atoms with Crippen molar-refractivity contribution in [1.82, 2.24) is 15.0 Å². The second kappa shape index (κ2) is 9.66. The van der Waals surface area contributed by atoms with Crippen molar-refractivity contribution in [2.24, 2.45) is 10.2 Å². The lowest BCUT2D eigenvalue weighted by atomic mass is 10.1. The van der Waals surface area contributed by atoms with Crippen LogP contribution in [0.25, 0.3) is 11.3 Å². The van der Waals surface area contributed by atoms with Gasteiger partial charge in [-0.25, -0.2) is 4.98 Å². The number of methoxy groups -OCH3 is 1. The number of likely N-dealkylation sites (N-methyl/N-ethyl adjacent to an activating group) is 1. The third kappa shape index (κ3) is 5.40. The number of nitrogens with zero attached hydrogens (tertiary/aromatic N) is 6. The van der Waals surface area contributed by atoms with Gasteiger partial charge in [0.1, 0.15) is 0 Å². The Morgan fingerprint density at radius 3 is 2.64 bits per heavy atom. The zero-order valence-electron chi connectivity index (χ0n) is 16.4. The molecule has 0 N–H and O–H groups in total. The third-order valence-corrected chi connectivity index (χ3v) is 4.16. The number of ether oxygens (including phenoxy) is 1. The van der Waals surface area contributed by atoms with Crippen LogP contribution in [0.4, 0.5) is 11.8 Å². The smallest absolute Gasteiger partial charge is 0.227 e. The van der Waals surface area contributed by atoms with E-state index in [-0.39, 0.29) is 0 Å². The second-order valence-corrected chi connectivity index (χ2v) is 6.45. The van der Waals surface area contributed by atoms with Crippen molar-refractivity contribution < 1.29 is 4.74 Å². The van der Waals surface area contributed by atoms with Crippen LogP contribution < -0.4 is 4.90 Å². The summed E-state index contributed by atoms with van der Waals surface area (Å²) in [5.74, 6) is 1.10. The number of anilines is 1. The summed E-state index contributed by atoms with van der Waals surface area (Å²) >= 11 is 0. The predicted molar refractivity (Wildman–Crippen MR) is 110 cm³/mol. The van der Waals surface area contributed by atoms with Crippen LogP contribution in [0.1, 0.15) is 11.1 Å². The summed E-state index contributed by atoms with van der Waals surface area (Å²) in [6, 6.07) is 13.9. The molecule has 3 rings (SSSR count). The molecule has 0 unspecified atom stereocenters. The average Bonchev–Trinajstić information content (AvgIpc) is 2.72. The molecular weight excluding hydrogens is 352 g/mol. The number of azo groups is 1. The molecule has 3 aromatic rings. The maximum atomic E-state index is 5.16. The van der Waals surface area contributed by atoms with Gasteiger partial charge in [0.05, 0.1) is 18.8 Å². The first-order valence-corrected chi connectivity index (χ1v) is 9.08. The molecule has 0 saturated carbocycles. The quantitative estimate of drug-likeness (QED) is 0.550. The molecule has 0 saturated heterocycles. The van der Waals surface area contributed by atoms with Crippen LogP contribution in [0, 0.1) is 6.92 Å². The van der Waals surface area contributed by atoms with Crippen molar-refractivity contribution >= 4 is 11.8 Å². The van der Waals surface area contributed by atoms with Gasteiger partial charge in [0, 0.05) is 44.7 Å². The summed E-state index contributed by atoms with van der Waals surface area (Å²) < 4.78 is 5.16. The maximum absolute atomic E-state index is 5.16. The van der Waals surface area contributed by atoms with Crippen molar-refractivity contribution in [3.8, 4) is 11.3 Å². The van der Waals surface area contributed by atoms with Gasteiger partial charge in [-0.15, -0.1) is 5.11 Å². The lowest BCUT2D eigenvalue weighted by Gasteiger charge is -2.17. The highest BCUT2D eigenvalue weighted by molar-refractivity contribution is 5.63. The number of hydrogen-bond acceptors (Lipinski definition) is 7. The molecule has 0 amide bonds. The SMILES string of the molecule is COCCN(C)c1nc(N=NCc2cccc(C)c2)cc(-c2ccncc2)n1. The average molecular weight is 376 g/mol. The van der Waals surface area contributed by atoms with Crippen molar-refractivity contribution in [2.45, 2.75) is 13.5 Å². The molecule has 0 atom stereocenters. The minimum Gasteiger partial charge on any atom is -0.383 e. The Kier molecular flexibility index (Phi) is 6.75. The van der Waals surface area contributed by atoms with E-state index in [1.807, 2.05) is 42.3 Å². The van der Waals surface area contributed by atoms with Crippen molar-refractivity contribution in [3.63, 3.8) is 0 Å². The highest BCUT2D eigenvalue weighted by Gasteiger charge is 2.10. The normalized spacial score (nSPS) is 11.1. The van der Waals surface area contributed by atoms with Crippen LogP contribution in [-0.4, -0.2) is 42.3 Å². The van der Waals surface area contributed by atoms with E-state index >= 15 is 0 Å². The molecule has 2 heterocycles. The summed E-state index contributed by atoms with van der Waals surface area (Å²) in [6.45, 7) is 3.83. The molecular formula is C21H24N6O. The zero-order valence-corrected chi connectivity index (χ0v) is 16.4. The first-order valence-electron chi connectivity index (χ1n) is 9.08. The third-order valence-electron chi connectivity index (χ3n) is 4.16. The van der Waals surface area contributed by atoms with Crippen LogP contribution in [0.15, 0.2) is 65.1 Å². The minimum absolute atomic E-state index is 0.505. The van der Waals surface area contributed by atoms with Crippen LogP contribution in [0.3, 0.4) is 0 Å². The molecule has 0 aliphatic heterocycles. The lowest BCUT2D eigenvalue weighted by molar-refractivity contribution is 0.206. The molecule has 7 nitrogen and oxygen atoms in total. The van der Waals surface area contributed by atoms with Crippen molar-refractivity contribution in [1.29, 1.82) is 0 Å². The van der Waals surface area contributed by atoms with Crippen LogP contribution >= 0.6 is 0 Å². The fourth-order valence-electron chi connectivity index (χ4n) is 2.64. The number of rotatable bonds is 8. The summed E-state index contributed by atoms with van der Waals surface area (Å²) in [7, 11) is 3.60. The van der Waals surface area contributed by atoms with Crippen LogP contribution in [0.5, 0.6) is 0 Å². The van der Waals surface area contributed by atoms with Crippen molar-refractivity contribution in [3.05, 3.63) is 66.0 Å². The largest absolute Gasteiger partial charge is 0.383 e. The number of aryl methyl sites for hydroxylation is 1. The van der Waals surface area contributed by atoms with Crippen LogP contribution in [0.2, 0.25) is 0 Å². The van der Waals surface area contributed by atoms with E-state index in [1.165, 1.54) is 5.56 Å². The van der Waals surface area contributed by atoms with E-state index < -0.39 is 0 Å². The predicted octanol–water partition coefficient (Wildman–Crippen LogP) is 4.21. The van der Waals surface area contributed by atoms with E-state index in [9.17, 15) is 0 Å². The Hall–Kier alpha value is -3.19. The van der Waals surface area contributed by atoms with Gasteiger partial charge in [0.2, 0.25) is 5.95 Å². The second-order valence-electron chi connectivity index (χ2n) is 6.45. The van der Waals surface area contributed by atoms with Gasteiger partial charge in [-0.2, -0.15) is 10.1 Å². The maximum Gasteiger partial charge on any atom is 0.227 e. The highest BCUT2D eigenvalue weighted by Crippen LogP contribution is 2.24. The molecule has 7 heteroatoms. The molecule has 1 aromatic carbocycles. The Labute approximate surface area is 165 Å². The summed E-state index contributed by atoms with van der Waals surface area (Å²) in [5, 5.41) is 8.67. The molecule has 2 aromatic heterocycles. The fraction of sp³-hybridized carbons (Fsp3) is 0.286. The van der Waals surface area contributed by atoms with E-state index in [1.54, 1.807) is 19.5 Å². The zero-order chi connectivity index (χ0) is 19.8. The Morgan fingerprint density at radius 1 is 1.07 bits per heavy atom. The standard InChI is InChI=1S/C21H24N6O/c1-16-5-4-6-17(13-16)15-23-26-20-14-19(18-7-9-22-10-8-18)24-21(25-20)27(2)11-12-28-3/h4-10,13-14H,11-12,15H2,1-3H3. The van der Waals surface area contributed by atoms with Crippen molar-refractivity contribution in [2.75, 3.05) is 32.2 Å². The molecule has 0 bridgehead atoms. The number of benzene rings is 1. The van der Waals surface area contributed by atoms with E-state index in [0.717, 1.165) is 16.8 Å². The van der Waals surface area contributed by atoms with Gasteiger partial charge in [0.25, 0.3) is 0 Å². The highest BCUT2D eigenvalue weighted by atomic mass is 16.5. The fourth-order valence-corrected chi connectivity index (χ4v) is 2.64. The molecule has 0 spiro atoms. The Balaban J connectivity index is 1.87. The van der Waals surface area contributed by atoms with Crippen LogP contribution in [-0.2, 0) is 11.3 Å². The van der Waals surface area contributed by atoms with Gasteiger partial charge in [0.15, 0.2) is 5.82 Å². The number of pyridine rings is 1. The monoisotopic (exact) mass is 376 g/mol. The minimum atomic E-state index is 0.505. The first-order chi connectivity index (χ1) is 13.7. The number of aromatic nitrogens is 3.